The topological polar surface area (TPSA) is 104 Å². The maximum atomic E-state index is 13.2. The zero-order valence-corrected chi connectivity index (χ0v) is 29.0. The van der Waals surface area contributed by atoms with E-state index in [1.54, 1.807) is 35.9 Å². The van der Waals surface area contributed by atoms with Crippen molar-refractivity contribution in [3.63, 3.8) is 0 Å². The average Bonchev–Trinajstić information content (AvgIpc) is 3.45. The average molecular weight is 614 g/mol. The van der Waals surface area contributed by atoms with Crippen molar-refractivity contribution in [2.75, 3.05) is 11.5 Å². The molecule has 1 aromatic rings. The van der Waals surface area contributed by atoms with Crippen molar-refractivity contribution in [1.29, 1.82) is 0 Å². The van der Waals surface area contributed by atoms with Gasteiger partial charge in [-0.05, 0) is 143 Å². The van der Waals surface area contributed by atoms with Crippen molar-refractivity contribution in [3.05, 3.63) is 71.5 Å². The number of anilines is 2. The van der Waals surface area contributed by atoms with Gasteiger partial charge in [0.2, 0.25) is 0 Å². The van der Waals surface area contributed by atoms with Crippen LogP contribution in [0.1, 0.15) is 110 Å². The van der Waals surface area contributed by atoms with Gasteiger partial charge in [0.05, 0.1) is 5.56 Å². The molecule has 0 aliphatic heterocycles. The smallest absolute Gasteiger partial charge is 0.338 e. The van der Waals surface area contributed by atoms with E-state index in [2.05, 4.69) is 60.3 Å². The molecule has 1 spiro atoms. The number of benzene rings is 1. The maximum Gasteiger partial charge on any atom is 0.338 e. The number of rotatable bonds is 7. The van der Waals surface area contributed by atoms with Gasteiger partial charge < -0.3 is 21.9 Å². The Morgan fingerprint density at radius 2 is 1.78 bits per heavy atom. The summed E-state index contributed by atoms with van der Waals surface area (Å²) < 4.78 is 6.23. The van der Waals surface area contributed by atoms with E-state index in [4.69, 9.17) is 21.9 Å². The lowest BCUT2D eigenvalue weighted by Crippen LogP contribution is -2.45. The number of allylic oxidation sites excluding steroid dienone is 5. The third-order valence-corrected chi connectivity index (χ3v) is 13.0. The maximum absolute atomic E-state index is 13.2. The molecule has 5 nitrogen and oxygen atoms in total. The minimum atomic E-state index is -0.308. The van der Waals surface area contributed by atoms with Crippen LogP contribution in [-0.2, 0) is 4.74 Å². The largest absolute Gasteiger partial charge is 0.458 e. The number of carbonyl (C=O) groups is 1. The van der Waals surface area contributed by atoms with Crippen LogP contribution in [0.3, 0.4) is 0 Å². The zero-order chi connectivity index (χ0) is 32.9. The molecule has 0 amide bonds. The van der Waals surface area contributed by atoms with Crippen molar-refractivity contribution in [2.45, 2.75) is 106 Å². The molecule has 0 bridgehead atoms. The van der Waals surface area contributed by atoms with Crippen LogP contribution in [0, 0.1) is 51.8 Å². The Labute approximate surface area is 272 Å². The van der Waals surface area contributed by atoms with Crippen molar-refractivity contribution >= 4 is 17.3 Å². The molecular weight excluding hydrogens is 554 g/mol. The van der Waals surface area contributed by atoms with Crippen LogP contribution in [-0.4, -0.2) is 12.1 Å². The molecule has 45 heavy (non-hydrogen) atoms. The van der Waals surface area contributed by atoms with Gasteiger partial charge >= 0.3 is 5.97 Å². The molecule has 4 fully saturated rings. The fourth-order valence-electron chi connectivity index (χ4n) is 11.0. The Morgan fingerprint density at radius 3 is 2.38 bits per heavy atom. The van der Waals surface area contributed by atoms with E-state index in [-0.39, 0.29) is 17.5 Å². The Bertz CT molecular complexity index is 1380. The number of hydrogen-bond donors (Lipinski definition) is 3. The lowest BCUT2D eigenvalue weighted by Gasteiger charge is -2.49. The predicted molar refractivity (Wildman–Crippen MR) is 188 cm³/mol. The van der Waals surface area contributed by atoms with E-state index in [0.717, 1.165) is 54.0 Å². The molecule has 9 unspecified atom stereocenters. The predicted octanol–water partition coefficient (Wildman–Crippen LogP) is 9.23. The first-order valence-corrected chi connectivity index (χ1v) is 17.5. The molecule has 9 atom stereocenters. The second-order valence-corrected chi connectivity index (χ2v) is 16.1. The van der Waals surface area contributed by atoms with Crippen molar-refractivity contribution in [1.82, 2.24) is 0 Å². The summed E-state index contributed by atoms with van der Waals surface area (Å²) in [6, 6.07) is 5.02. The van der Waals surface area contributed by atoms with Crippen LogP contribution >= 0.6 is 0 Å². The molecule has 0 saturated heterocycles. The van der Waals surface area contributed by atoms with Crippen LogP contribution < -0.4 is 17.2 Å². The second-order valence-electron chi connectivity index (χ2n) is 16.1. The van der Waals surface area contributed by atoms with Crippen LogP contribution in [0.2, 0.25) is 0 Å². The van der Waals surface area contributed by atoms with Crippen LogP contribution in [0.25, 0.3) is 0 Å². The summed E-state index contributed by atoms with van der Waals surface area (Å²) in [7, 11) is 0. The Hall–Kier alpha value is -2.95. The minimum absolute atomic E-state index is 0.123. The summed E-state index contributed by atoms with van der Waals surface area (Å²) in [4.78, 5) is 13.2. The first-order valence-electron chi connectivity index (χ1n) is 17.5. The standard InChI is InChI=1S/C35H50N2O2.C5H9N/c1-20(2)8-7-9-21(3)26-11-12-27-25-10-13-29-33(4,5)30(39-32(38)22-16-23(36)18-24(37)17-22)14-15-35(29)28(31(25)35)19-34(26,27)6;1-3-5(6)4-2/h8,13,16-18,21,25-28,30-31H,7,9-12,14-15,19,36-37H2,1-6H3;3-4H,1,6H2,2H3/b;5-4+. The van der Waals surface area contributed by atoms with Gasteiger partial charge in [-0.2, -0.15) is 0 Å². The summed E-state index contributed by atoms with van der Waals surface area (Å²) in [5, 5.41) is 0. The minimum Gasteiger partial charge on any atom is -0.458 e. The molecule has 1 aromatic carbocycles. The van der Waals surface area contributed by atoms with Gasteiger partial charge in [-0.1, -0.05) is 63.6 Å². The molecular formula is C40H59N3O2. The molecule has 6 rings (SSSR count). The van der Waals surface area contributed by atoms with Crippen molar-refractivity contribution in [2.24, 2.45) is 57.5 Å². The SMILES string of the molecule is C=C/C(N)=C\C.CC(C)=CCCC(C)C1CCC2C3CC=C4C(C)(C)C(OC(=O)c5cc(N)cc(N)c5)CCC45C(CC12C)C35. The number of fused-ring (bicyclic) bond motifs is 2. The lowest BCUT2D eigenvalue weighted by molar-refractivity contribution is -0.0213. The molecule has 0 radical (unpaired) electrons. The van der Waals surface area contributed by atoms with Crippen molar-refractivity contribution < 1.29 is 9.53 Å². The van der Waals surface area contributed by atoms with E-state index in [9.17, 15) is 4.79 Å². The fraction of sp³-hybridized carbons (Fsp3) is 0.625. The Kier molecular flexibility index (Phi) is 9.16. The van der Waals surface area contributed by atoms with Gasteiger partial charge in [-0.3, -0.25) is 0 Å². The number of hydrogen-bond acceptors (Lipinski definition) is 5. The molecule has 246 valence electrons. The molecule has 0 aromatic heterocycles. The molecule has 0 heterocycles. The summed E-state index contributed by atoms with van der Waals surface area (Å²) in [5.41, 5.74) is 23.0. The first kappa shape index (κ1) is 33.4. The molecule has 6 N–H and O–H groups in total. The highest BCUT2D eigenvalue weighted by Crippen LogP contribution is 2.83. The fourth-order valence-corrected chi connectivity index (χ4v) is 11.0. The number of carbonyl (C=O) groups excluding carboxylic acids is 1. The van der Waals surface area contributed by atoms with Gasteiger partial charge in [0.25, 0.3) is 0 Å². The van der Waals surface area contributed by atoms with Crippen molar-refractivity contribution in [3.8, 4) is 0 Å². The molecule has 5 aliphatic rings. The van der Waals surface area contributed by atoms with E-state index >= 15 is 0 Å². The van der Waals surface area contributed by atoms with E-state index < -0.39 is 0 Å². The number of nitrogens with two attached hydrogens (primary N) is 3. The molecule has 5 heteroatoms. The van der Waals surface area contributed by atoms with Crippen LogP contribution in [0.5, 0.6) is 0 Å². The lowest BCUT2D eigenvalue weighted by atomic mass is 9.57. The molecule has 4 saturated carbocycles. The Balaban J connectivity index is 0.000000609. The number of nitrogen functional groups attached to an aromatic ring is 2. The van der Waals surface area contributed by atoms with Gasteiger partial charge in [-0.25, -0.2) is 4.79 Å². The monoisotopic (exact) mass is 613 g/mol. The highest BCUT2D eigenvalue weighted by atomic mass is 16.5. The van der Waals surface area contributed by atoms with Crippen LogP contribution in [0.15, 0.2) is 65.9 Å². The highest BCUT2D eigenvalue weighted by Gasteiger charge is 2.78. The zero-order valence-electron chi connectivity index (χ0n) is 29.0. The van der Waals surface area contributed by atoms with Gasteiger partial charge in [-0.15, -0.1) is 0 Å². The normalized spacial score (nSPS) is 36.1. The van der Waals surface area contributed by atoms with E-state index in [0.29, 0.717) is 27.8 Å². The number of ether oxygens (including phenoxy) is 1. The van der Waals surface area contributed by atoms with Gasteiger partial charge in [0.15, 0.2) is 0 Å². The summed E-state index contributed by atoms with van der Waals surface area (Å²) >= 11 is 0. The van der Waals surface area contributed by atoms with E-state index in [1.165, 1.54) is 44.1 Å². The third kappa shape index (κ3) is 5.78. The quantitative estimate of drug-likeness (QED) is 0.123. The summed E-state index contributed by atoms with van der Waals surface area (Å²) in [5.74, 6) is 4.72. The highest BCUT2D eigenvalue weighted by molar-refractivity contribution is 5.92. The molecule has 5 aliphatic carbocycles. The van der Waals surface area contributed by atoms with Gasteiger partial charge in [0.1, 0.15) is 6.10 Å². The Morgan fingerprint density at radius 1 is 1.09 bits per heavy atom. The second kappa shape index (κ2) is 12.3. The summed E-state index contributed by atoms with van der Waals surface area (Å²) in [6.45, 7) is 19.6. The number of esters is 1. The van der Waals surface area contributed by atoms with Gasteiger partial charge in [0, 0.05) is 22.5 Å². The third-order valence-electron chi connectivity index (χ3n) is 13.0. The summed E-state index contributed by atoms with van der Waals surface area (Å²) in [6.07, 6.45) is 18.5. The van der Waals surface area contributed by atoms with E-state index in [1.807, 2.05) is 6.92 Å². The van der Waals surface area contributed by atoms with Crippen LogP contribution in [0.4, 0.5) is 11.4 Å². The first-order chi connectivity index (χ1) is 21.2.